The number of pyridine rings is 1. The SMILES string of the molecule is CCC(N)c1ccc(Oc2ccc(Cl)c(F)c2)cn1. The molecule has 0 amide bonds. The summed E-state index contributed by atoms with van der Waals surface area (Å²) in [6.45, 7) is 1.99. The molecule has 1 atom stereocenters. The molecule has 0 aliphatic rings. The highest BCUT2D eigenvalue weighted by Gasteiger charge is 2.06. The van der Waals surface area contributed by atoms with Crippen LogP contribution in [0.2, 0.25) is 5.02 Å². The van der Waals surface area contributed by atoms with E-state index >= 15 is 0 Å². The molecule has 5 heteroatoms. The Labute approximate surface area is 116 Å². The number of hydrogen-bond acceptors (Lipinski definition) is 3. The summed E-state index contributed by atoms with van der Waals surface area (Å²) < 4.78 is 18.7. The average Bonchev–Trinajstić information content (AvgIpc) is 2.43. The molecule has 0 spiro atoms. The molecule has 2 aromatic rings. The third kappa shape index (κ3) is 3.43. The first kappa shape index (κ1) is 13.8. The van der Waals surface area contributed by atoms with Gasteiger partial charge in [-0.25, -0.2) is 4.39 Å². The van der Waals surface area contributed by atoms with Crippen LogP contribution in [0.1, 0.15) is 25.1 Å². The first-order chi connectivity index (χ1) is 9.10. The molecule has 0 aliphatic carbocycles. The molecular weight excluding hydrogens is 267 g/mol. The maximum Gasteiger partial charge on any atom is 0.145 e. The number of ether oxygens (including phenoxy) is 1. The van der Waals surface area contributed by atoms with Crippen molar-refractivity contribution in [1.82, 2.24) is 4.98 Å². The molecule has 2 N–H and O–H groups in total. The lowest BCUT2D eigenvalue weighted by Crippen LogP contribution is -2.10. The van der Waals surface area contributed by atoms with Crippen LogP contribution in [0.4, 0.5) is 4.39 Å². The molecule has 3 nitrogen and oxygen atoms in total. The van der Waals surface area contributed by atoms with Gasteiger partial charge in [0.1, 0.15) is 17.3 Å². The van der Waals surface area contributed by atoms with Crippen molar-refractivity contribution in [3.05, 3.63) is 53.1 Å². The smallest absolute Gasteiger partial charge is 0.145 e. The van der Waals surface area contributed by atoms with Crippen LogP contribution in [0.15, 0.2) is 36.5 Å². The maximum atomic E-state index is 13.3. The van der Waals surface area contributed by atoms with Gasteiger partial charge in [-0.15, -0.1) is 0 Å². The lowest BCUT2D eigenvalue weighted by atomic mass is 10.1. The normalized spacial score (nSPS) is 12.2. The lowest BCUT2D eigenvalue weighted by Gasteiger charge is -2.09. The van der Waals surface area contributed by atoms with Crippen molar-refractivity contribution in [3.63, 3.8) is 0 Å². The lowest BCUT2D eigenvalue weighted by molar-refractivity contribution is 0.473. The number of nitrogens with zero attached hydrogens (tertiary/aromatic N) is 1. The summed E-state index contributed by atoms with van der Waals surface area (Å²) in [5.41, 5.74) is 6.67. The molecule has 0 saturated heterocycles. The van der Waals surface area contributed by atoms with Crippen molar-refractivity contribution < 1.29 is 9.13 Å². The number of halogens is 2. The third-order valence-electron chi connectivity index (χ3n) is 2.71. The highest BCUT2D eigenvalue weighted by molar-refractivity contribution is 6.30. The Morgan fingerprint density at radius 2 is 2.05 bits per heavy atom. The first-order valence-electron chi connectivity index (χ1n) is 5.94. The van der Waals surface area contributed by atoms with Gasteiger partial charge in [0, 0.05) is 12.1 Å². The van der Waals surface area contributed by atoms with E-state index in [0.29, 0.717) is 11.5 Å². The Kier molecular flexibility index (Phi) is 4.35. The Hall–Kier alpha value is -1.65. The van der Waals surface area contributed by atoms with Crippen LogP contribution in [-0.4, -0.2) is 4.98 Å². The second-order valence-electron chi connectivity index (χ2n) is 4.11. The zero-order chi connectivity index (χ0) is 13.8. The molecular formula is C14H14ClFN2O. The topological polar surface area (TPSA) is 48.1 Å². The Morgan fingerprint density at radius 3 is 2.63 bits per heavy atom. The van der Waals surface area contributed by atoms with Gasteiger partial charge in [-0.1, -0.05) is 18.5 Å². The molecule has 0 fully saturated rings. The van der Waals surface area contributed by atoms with Crippen LogP contribution in [0, 0.1) is 5.82 Å². The molecule has 0 aliphatic heterocycles. The van der Waals surface area contributed by atoms with Crippen molar-refractivity contribution >= 4 is 11.6 Å². The Morgan fingerprint density at radius 1 is 1.32 bits per heavy atom. The molecule has 0 radical (unpaired) electrons. The van der Waals surface area contributed by atoms with Crippen molar-refractivity contribution in [3.8, 4) is 11.5 Å². The summed E-state index contributed by atoms with van der Waals surface area (Å²) in [6.07, 6.45) is 2.38. The van der Waals surface area contributed by atoms with Gasteiger partial charge in [0.15, 0.2) is 0 Å². The quantitative estimate of drug-likeness (QED) is 0.918. The summed E-state index contributed by atoms with van der Waals surface area (Å²) in [6, 6.07) is 7.74. The van der Waals surface area contributed by atoms with E-state index in [2.05, 4.69) is 4.98 Å². The van der Waals surface area contributed by atoms with Gasteiger partial charge >= 0.3 is 0 Å². The van der Waals surface area contributed by atoms with Gasteiger partial charge in [-0.05, 0) is 30.7 Å². The standard InChI is InChI=1S/C14H14ClFN2O/c1-2-13(17)14-6-4-10(8-18-14)19-9-3-5-11(15)12(16)7-9/h3-8,13H,2,17H2,1H3. The predicted molar refractivity (Wildman–Crippen MR) is 72.9 cm³/mol. The van der Waals surface area contributed by atoms with Crippen LogP contribution < -0.4 is 10.5 Å². The van der Waals surface area contributed by atoms with E-state index in [1.165, 1.54) is 12.1 Å². The fraction of sp³-hybridized carbons (Fsp3) is 0.214. The van der Waals surface area contributed by atoms with Gasteiger partial charge in [-0.2, -0.15) is 0 Å². The molecule has 1 aromatic carbocycles. The van der Waals surface area contributed by atoms with Crippen LogP contribution in [0.5, 0.6) is 11.5 Å². The van der Waals surface area contributed by atoms with E-state index in [-0.39, 0.29) is 11.1 Å². The van der Waals surface area contributed by atoms with E-state index in [0.717, 1.165) is 12.1 Å². The van der Waals surface area contributed by atoms with Crippen molar-refractivity contribution in [2.45, 2.75) is 19.4 Å². The van der Waals surface area contributed by atoms with Crippen molar-refractivity contribution in [2.75, 3.05) is 0 Å². The van der Waals surface area contributed by atoms with Crippen LogP contribution in [0.25, 0.3) is 0 Å². The summed E-state index contributed by atoms with van der Waals surface area (Å²) in [4.78, 5) is 4.22. The zero-order valence-electron chi connectivity index (χ0n) is 10.4. The maximum absolute atomic E-state index is 13.3. The van der Waals surface area contributed by atoms with Crippen LogP contribution >= 0.6 is 11.6 Å². The van der Waals surface area contributed by atoms with Crippen molar-refractivity contribution in [1.29, 1.82) is 0 Å². The van der Waals surface area contributed by atoms with Crippen LogP contribution in [0.3, 0.4) is 0 Å². The Balaban J connectivity index is 2.12. The number of nitrogens with two attached hydrogens (primary N) is 1. The number of hydrogen-bond donors (Lipinski definition) is 1. The summed E-state index contributed by atoms with van der Waals surface area (Å²) in [7, 11) is 0. The molecule has 1 unspecified atom stereocenters. The van der Waals surface area contributed by atoms with E-state index in [4.69, 9.17) is 22.1 Å². The van der Waals surface area contributed by atoms with E-state index < -0.39 is 5.82 Å². The van der Waals surface area contributed by atoms with Gasteiger partial charge in [0.25, 0.3) is 0 Å². The van der Waals surface area contributed by atoms with Gasteiger partial charge in [0.05, 0.1) is 16.9 Å². The second kappa shape index (κ2) is 5.99. The van der Waals surface area contributed by atoms with E-state index in [1.807, 2.05) is 6.92 Å². The molecule has 1 heterocycles. The third-order valence-corrected chi connectivity index (χ3v) is 3.01. The highest BCUT2D eigenvalue weighted by Crippen LogP contribution is 2.25. The monoisotopic (exact) mass is 280 g/mol. The van der Waals surface area contributed by atoms with Crippen LogP contribution in [-0.2, 0) is 0 Å². The largest absolute Gasteiger partial charge is 0.456 e. The zero-order valence-corrected chi connectivity index (χ0v) is 11.2. The highest BCUT2D eigenvalue weighted by atomic mass is 35.5. The van der Waals surface area contributed by atoms with E-state index in [9.17, 15) is 4.39 Å². The fourth-order valence-corrected chi connectivity index (χ4v) is 1.67. The number of aromatic nitrogens is 1. The molecule has 0 bridgehead atoms. The van der Waals surface area contributed by atoms with Gasteiger partial charge in [0.2, 0.25) is 0 Å². The average molecular weight is 281 g/mol. The first-order valence-corrected chi connectivity index (χ1v) is 6.32. The summed E-state index contributed by atoms with van der Waals surface area (Å²) in [5, 5.41) is 0.0646. The van der Waals surface area contributed by atoms with Gasteiger partial charge in [-0.3, -0.25) is 4.98 Å². The number of rotatable bonds is 4. The minimum absolute atomic E-state index is 0.0646. The van der Waals surface area contributed by atoms with E-state index in [1.54, 1.807) is 24.4 Å². The summed E-state index contributed by atoms with van der Waals surface area (Å²) in [5.74, 6) is 0.377. The van der Waals surface area contributed by atoms with Gasteiger partial charge < -0.3 is 10.5 Å². The predicted octanol–water partition coefficient (Wildman–Crippen LogP) is 4.08. The molecule has 2 rings (SSSR count). The second-order valence-corrected chi connectivity index (χ2v) is 4.52. The number of benzene rings is 1. The molecule has 100 valence electrons. The minimum atomic E-state index is -0.517. The molecule has 1 aromatic heterocycles. The fourth-order valence-electron chi connectivity index (χ4n) is 1.56. The summed E-state index contributed by atoms with van der Waals surface area (Å²) >= 11 is 5.60. The molecule has 0 saturated carbocycles. The minimum Gasteiger partial charge on any atom is -0.456 e. The van der Waals surface area contributed by atoms with Crippen molar-refractivity contribution in [2.24, 2.45) is 5.73 Å². The Bertz CT molecular complexity index is 560. The molecule has 19 heavy (non-hydrogen) atoms.